The Balaban J connectivity index is 2.11. The normalized spacial score (nSPS) is 12.2. The molecule has 1 unspecified atom stereocenters. The van der Waals surface area contributed by atoms with Crippen LogP contribution in [0.4, 0.5) is 5.69 Å². The van der Waals surface area contributed by atoms with Gasteiger partial charge in [0, 0.05) is 16.3 Å². The highest BCUT2D eigenvalue weighted by Gasteiger charge is 2.26. The van der Waals surface area contributed by atoms with Crippen LogP contribution in [0.5, 0.6) is 5.75 Å². The van der Waals surface area contributed by atoms with E-state index in [0.717, 1.165) is 11.3 Å². The fourth-order valence-corrected chi connectivity index (χ4v) is 4.17. The Labute approximate surface area is 181 Å². The van der Waals surface area contributed by atoms with E-state index < -0.39 is 23.5 Å². The van der Waals surface area contributed by atoms with Crippen molar-refractivity contribution in [1.82, 2.24) is 9.55 Å². The van der Waals surface area contributed by atoms with Gasteiger partial charge in [-0.3, -0.25) is 14.2 Å². The van der Waals surface area contributed by atoms with Gasteiger partial charge in [0.05, 0.1) is 23.7 Å². The molecule has 158 valence electrons. The van der Waals surface area contributed by atoms with Gasteiger partial charge in [0.25, 0.3) is 5.56 Å². The van der Waals surface area contributed by atoms with Crippen molar-refractivity contribution in [3.05, 3.63) is 50.3 Å². The number of nitrogens with one attached hydrogen (secondary N) is 1. The summed E-state index contributed by atoms with van der Waals surface area (Å²) in [5, 5.41) is 13.9. The summed E-state index contributed by atoms with van der Waals surface area (Å²) in [6.45, 7) is 5.25. The predicted octanol–water partition coefficient (Wildman–Crippen LogP) is 4.14. The van der Waals surface area contributed by atoms with E-state index in [0.29, 0.717) is 27.1 Å². The summed E-state index contributed by atoms with van der Waals surface area (Å²) in [5.74, 6) is -1.08. The molecule has 0 aliphatic rings. The molecule has 0 aliphatic heterocycles. The summed E-state index contributed by atoms with van der Waals surface area (Å²) in [4.78, 5) is 42.6. The maximum absolute atomic E-state index is 13.3. The summed E-state index contributed by atoms with van der Waals surface area (Å²) >= 11 is 7.11. The number of carboxylic acids is 1. The Morgan fingerprint density at radius 2 is 2.00 bits per heavy atom. The lowest BCUT2D eigenvalue weighted by Gasteiger charge is -2.21. The number of carbonyl (C=O) groups is 2. The minimum Gasteiger partial charge on any atom is -0.495 e. The number of hydrogen-bond acceptors (Lipinski definition) is 6. The first-order valence-corrected chi connectivity index (χ1v) is 10.3. The molecule has 1 atom stereocenters. The molecule has 0 spiro atoms. The van der Waals surface area contributed by atoms with Gasteiger partial charge in [0.2, 0.25) is 5.91 Å². The molecule has 3 aromatic rings. The van der Waals surface area contributed by atoms with E-state index in [4.69, 9.17) is 16.3 Å². The van der Waals surface area contributed by atoms with Gasteiger partial charge in [0.15, 0.2) is 0 Å². The molecule has 0 fully saturated rings. The lowest BCUT2D eigenvalue weighted by atomic mass is 10.1. The van der Waals surface area contributed by atoms with Crippen LogP contribution in [0.1, 0.15) is 48.9 Å². The number of aromatic nitrogens is 2. The highest BCUT2D eigenvalue weighted by atomic mass is 35.5. The number of carbonyl (C=O) groups excluding carboxylic acids is 1. The summed E-state index contributed by atoms with van der Waals surface area (Å²) in [7, 11) is 1.46. The molecule has 1 aromatic carbocycles. The molecule has 3 rings (SSSR count). The van der Waals surface area contributed by atoms with E-state index >= 15 is 0 Å². The van der Waals surface area contributed by atoms with Crippen molar-refractivity contribution in [2.24, 2.45) is 0 Å². The molecule has 8 nitrogen and oxygen atoms in total. The monoisotopic (exact) mass is 449 g/mol. The summed E-state index contributed by atoms with van der Waals surface area (Å²) in [5.41, 5.74) is -0.333. The lowest BCUT2D eigenvalue weighted by Crippen LogP contribution is -2.35. The van der Waals surface area contributed by atoms with Crippen LogP contribution in [0.3, 0.4) is 0 Å². The number of aromatic carboxylic acids is 1. The molecular weight excluding hydrogens is 430 g/mol. The molecule has 0 radical (unpaired) electrons. The van der Waals surface area contributed by atoms with Crippen LogP contribution in [0.15, 0.2) is 28.4 Å². The second kappa shape index (κ2) is 8.45. The largest absolute Gasteiger partial charge is 0.495 e. The molecule has 0 saturated carbocycles. The SMILES string of the molecule is COc1ccc(Cl)cc1NC(=O)C(C)n1c(C(C)C)nc2scc(C(=O)O)c2c1=O. The molecule has 2 N–H and O–H groups in total. The molecule has 2 heterocycles. The number of methoxy groups -OCH3 is 1. The van der Waals surface area contributed by atoms with Gasteiger partial charge in [-0.05, 0) is 25.1 Å². The predicted molar refractivity (Wildman–Crippen MR) is 116 cm³/mol. The van der Waals surface area contributed by atoms with E-state index in [-0.39, 0.29) is 16.9 Å². The zero-order valence-corrected chi connectivity index (χ0v) is 18.3. The van der Waals surface area contributed by atoms with Crippen molar-refractivity contribution in [1.29, 1.82) is 0 Å². The lowest BCUT2D eigenvalue weighted by molar-refractivity contribution is -0.119. The maximum atomic E-state index is 13.3. The Kier molecular flexibility index (Phi) is 6.14. The molecule has 0 aliphatic carbocycles. The standard InChI is InChI=1S/C20H20ClN3O5S/c1-9(2)16-23-18-15(12(8-30-18)20(27)28)19(26)24(16)10(3)17(25)22-13-7-11(21)5-6-14(13)29-4/h5-10H,1-4H3,(H,22,25)(H,27,28). The fraction of sp³-hybridized carbons (Fsp3) is 0.300. The molecular formula is C20H20ClN3O5S. The van der Waals surface area contributed by atoms with E-state index in [1.165, 1.54) is 17.1 Å². The third-order valence-electron chi connectivity index (χ3n) is 4.60. The highest BCUT2D eigenvalue weighted by Crippen LogP contribution is 2.29. The second-order valence-electron chi connectivity index (χ2n) is 6.94. The quantitative estimate of drug-likeness (QED) is 0.585. The fourth-order valence-electron chi connectivity index (χ4n) is 3.09. The van der Waals surface area contributed by atoms with Crippen LogP contribution >= 0.6 is 22.9 Å². The average molecular weight is 450 g/mol. The van der Waals surface area contributed by atoms with Crippen LogP contribution in [0.25, 0.3) is 10.2 Å². The molecule has 0 bridgehead atoms. The van der Waals surface area contributed by atoms with Crippen molar-refractivity contribution in [3.8, 4) is 5.75 Å². The van der Waals surface area contributed by atoms with E-state index in [1.54, 1.807) is 25.1 Å². The second-order valence-corrected chi connectivity index (χ2v) is 8.24. The number of amides is 1. The van der Waals surface area contributed by atoms with Crippen molar-refractivity contribution >= 4 is 50.7 Å². The van der Waals surface area contributed by atoms with E-state index in [9.17, 15) is 19.5 Å². The highest BCUT2D eigenvalue weighted by molar-refractivity contribution is 7.17. The topological polar surface area (TPSA) is 111 Å². The molecule has 2 aromatic heterocycles. The van der Waals surface area contributed by atoms with E-state index in [1.807, 2.05) is 13.8 Å². The first kappa shape index (κ1) is 21.8. The first-order valence-electron chi connectivity index (χ1n) is 9.07. The smallest absolute Gasteiger partial charge is 0.337 e. The zero-order chi connectivity index (χ0) is 22.2. The minimum absolute atomic E-state index is 0.00288. The van der Waals surface area contributed by atoms with Crippen LogP contribution < -0.4 is 15.6 Å². The average Bonchev–Trinajstić information content (AvgIpc) is 3.12. The Hall–Kier alpha value is -2.91. The van der Waals surface area contributed by atoms with Gasteiger partial charge in [-0.25, -0.2) is 9.78 Å². The van der Waals surface area contributed by atoms with Gasteiger partial charge in [-0.15, -0.1) is 11.3 Å². The van der Waals surface area contributed by atoms with Gasteiger partial charge >= 0.3 is 5.97 Å². The molecule has 1 amide bonds. The van der Waals surface area contributed by atoms with Crippen LogP contribution in [-0.2, 0) is 4.79 Å². The number of benzene rings is 1. The first-order chi connectivity index (χ1) is 14.1. The zero-order valence-electron chi connectivity index (χ0n) is 16.7. The van der Waals surface area contributed by atoms with Gasteiger partial charge < -0.3 is 15.2 Å². The maximum Gasteiger partial charge on any atom is 0.337 e. The van der Waals surface area contributed by atoms with Crippen LogP contribution in [0, 0.1) is 0 Å². The van der Waals surface area contributed by atoms with E-state index in [2.05, 4.69) is 10.3 Å². The number of ether oxygens (including phenoxy) is 1. The van der Waals surface area contributed by atoms with Crippen molar-refractivity contribution in [2.45, 2.75) is 32.7 Å². The minimum atomic E-state index is -1.22. The van der Waals surface area contributed by atoms with Crippen molar-refractivity contribution in [2.75, 3.05) is 12.4 Å². The number of rotatable bonds is 6. The number of anilines is 1. The summed E-state index contributed by atoms with van der Waals surface area (Å²) in [6.07, 6.45) is 0. The van der Waals surface area contributed by atoms with Crippen molar-refractivity contribution < 1.29 is 19.4 Å². The summed E-state index contributed by atoms with van der Waals surface area (Å²) < 4.78 is 6.49. The Morgan fingerprint density at radius 1 is 1.30 bits per heavy atom. The van der Waals surface area contributed by atoms with Crippen LogP contribution in [-0.4, -0.2) is 33.6 Å². The van der Waals surface area contributed by atoms with Gasteiger partial charge in [-0.2, -0.15) is 0 Å². The molecule has 30 heavy (non-hydrogen) atoms. The Morgan fingerprint density at radius 3 is 2.60 bits per heavy atom. The van der Waals surface area contributed by atoms with Crippen LogP contribution in [0.2, 0.25) is 5.02 Å². The third kappa shape index (κ3) is 3.90. The van der Waals surface area contributed by atoms with Gasteiger partial charge in [0.1, 0.15) is 22.4 Å². The number of hydrogen-bond donors (Lipinski definition) is 2. The summed E-state index contributed by atoms with van der Waals surface area (Å²) in [6, 6.07) is 3.83. The number of halogens is 1. The Bertz CT molecular complexity index is 1200. The number of carboxylic acid groups (broad SMARTS) is 1. The molecule has 0 saturated heterocycles. The van der Waals surface area contributed by atoms with Crippen molar-refractivity contribution in [3.63, 3.8) is 0 Å². The number of thiophene rings is 1. The third-order valence-corrected chi connectivity index (χ3v) is 5.71. The number of fused-ring (bicyclic) bond motifs is 1. The molecule has 10 heteroatoms. The van der Waals surface area contributed by atoms with Gasteiger partial charge in [-0.1, -0.05) is 25.4 Å². The number of nitrogens with zero attached hydrogens (tertiary/aromatic N) is 2.